The number of carbonyl (C=O) groups excluding carboxylic acids is 5. The van der Waals surface area contributed by atoms with Crippen LogP contribution in [-0.2, 0) is 39.6 Å². The summed E-state index contributed by atoms with van der Waals surface area (Å²) in [5, 5.41) is 13.6. The number of alkyl carbamates (subject to hydrolysis) is 2. The highest BCUT2D eigenvalue weighted by molar-refractivity contribution is 7.55. The van der Waals surface area contributed by atoms with Crippen molar-refractivity contribution in [1.82, 2.24) is 26.6 Å². The van der Waals surface area contributed by atoms with Crippen LogP contribution in [0.15, 0.2) is 89.9 Å². The Hall–Kier alpha value is -5.93. The van der Waals surface area contributed by atoms with E-state index < -0.39 is 71.7 Å². The first kappa shape index (κ1) is 53.4. The molecule has 17 nitrogen and oxygen atoms in total. The Kier molecular flexibility index (Phi) is 16.8. The average Bonchev–Trinajstić information content (AvgIpc) is 3.23. The summed E-state index contributed by atoms with van der Waals surface area (Å²) < 4.78 is 44.6. The molecule has 0 heterocycles. The standard InChI is InChI=1S/C52H71N6O11P/c1-33(53-44(60)41(32-65-49(2,3)4)55-45(61)52-29-35-25-36(30-52)27-37(26-35)31-52)43(59)56-42(70(64,68-39-17-13-11-14-18-39)69-40-19-15-12-16-20-40)28-34-21-23-38(24-22-34)54-46(57-47(62)66-50(5,6)7)58-48(63)67-51(8,9)10/h11-24,33,35-37,41-42H,25-32H2,1-10H3,(H,53,60)(H,55,61)(H,56,59)(H2,54,57,58,62,63)/t33-,35?,36?,37?,41+,42?,52?/m0/s1. The van der Waals surface area contributed by atoms with Gasteiger partial charge in [0.25, 0.3) is 0 Å². The zero-order valence-corrected chi connectivity index (χ0v) is 43.0. The molecule has 4 bridgehead atoms. The van der Waals surface area contributed by atoms with Gasteiger partial charge in [0.15, 0.2) is 5.78 Å². The van der Waals surface area contributed by atoms with Crippen LogP contribution >= 0.6 is 7.60 Å². The molecule has 3 aromatic rings. The molecule has 5 amide bonds. The molecule has 0 aliphatic heterocycles. The van der Waals surface area contributed by atoms with Crippen LogP contribution in [0.3, 0.4) is 0 Å². The molecule has 0 radical (unpaired) electrons. The summed E-state index contributed by atoms with van der Waals surface area (Å²) in [6, 6.07) is 21.0. The Morgan fingerprint density at radius 1 is 0.643 bits per heavy atom. The minimum atomic E-state index is -4.44. The minimum absolute atomic E-state index is 0.115. The van der Waals surface area contributed by atoms with Crippen LogP contribution in [0.25, 0.3) is 0 Å². The van der Waals surface area contributed by atoms with E-state index in [1.54, 1.807) is 126 Å². The SMILES string of the molecule is C[C@H](NC(=O)[C@@H](COC(C)(C)C)NC(=O)C12CC3CC(CC(C3)C1)C2)C(=O)NC(Cc1ccc(N=C(NC(=O)OC(C)(C)C)NC(=O)OC(C)(C)C)cc1)P(=O)(Oc1ccccc1)Oc1ccccc1. The number of nitrogens with one attached hydrogen (secondary N) is 5. The molecular weight excluding hydrogens is 916 g/mol. The summed E-state index contributed by atoms with van der Waals surface area (Å²) in [6.07, 6.45) is 4.04. The van der Waals surface area contributed by atoms with Crippen molar-refractivity contribution in [3.8, 4) is 11.5 Å². The number of aliphatic imine (C=N–C) groups is 1. The third-order valence-electron chi connectivity index (χ3n) is 12.1. The minimum Gasteiger partial charge on any atom is -0.444 e. The fraction of sp³-hybridized carbons (Fsp3) is 0.538. The largest absolute Gasteiger partial charge is 0.453 e. The van der Waals surface area contributed by atoms with Gasteiger partial charge in [-0.25, -0.2) is 19.1 Å². The van der Waals surface area contributed by atoms with Crippen molar-refractivity contribution in [2.24, 2.45) is 28.2 Å². The van der Waals surface area contributed by atoms with Gasteiger partial charge in [-0.1, -0.05) is 48.5 Å². The molecule has 380 valence electrons. The van der Waals surface area contributed by atoms with Gasteiger partial charge in [-0.05, 0) is 167 Å². The average molecular weight is 987 g/mol. The van der Waals surface area contributed by atoms with Crippen LogP contribution in [0.1, 0.15) is 113 Å². The van der Waals surface area contributed by atoms with Gasteiger partial charge in [-0.15, -0.1) is 0 Å². The highest BCUT2D eigenvalue weighted by Gasteiger charge is 2.55. The second-order valence-corrected chi connectivity index (χ2v) is 23.9. The van der Waals surface area contributed by atoms with Crippen LogP contribution in [0.4, 0.5) is 15.3 Å². The van der Waals surface area contributed by atoms with Crippen LogP contribution in [0.5, 0.6) is 11.5 Å². The van der Waals surface area contributed by atoms with Crippen molar-refractivity contribution in [2.45, 2.75) is 149 Å². The Bertz CT molecular complexity index is 2280. The predicted molar refractivity (Wildman–Crippen MR) is 266 cm³/mol. The maximum atomic E-state index is 15.4. The molecule has 3 aromatic carbocycles. The molecule has 4 aliphatic rings. The summed E-state index contributed by atoms with van der Waals surface area (Å²) in [7, 11) is -4.44. The van der Waals surface area contributed by atoms with E-state index >= 15 is 4.57 Å². The van der Waals surface area contributed by atoms with E-state index in [0.717, 1.165) is 38.5 Å². The molecule has 4 aliphatic carbocycles. The first-order valence-corrected chi connectivity index (χ1v) is 25.7. The quantitative estimate of drug-likeness (QED) is 0.0518. The molecule has 7 rings (SSSR count). The van der Waals surface area contributed by atoms with Crippen molar-refractivity contribution in [3.05, 3.63) is 90.5 Å². The number of rotatable bonds is 16. The third-order valence-corrected chi connectivity index (χ3v) is 14.1. The zero-order chi connectivity index (χ0) is 51.1. The Morgan fingerprint density at radius 3 is 1.56 bits per heavy atom. The summed E-state index contributed by atoms with van der Waals surface area (Å²) in [5.41, 5.74) is -2.01. The number of ether oxygens (including phenoxy) is 3. The van der Waals surface area contributed by atoms with E-state index in [1.165, 1.54) is 6.92 Å². The molecule has 1 unspecified atom stereocenters. The number of para-hydroxylation sites is 2. The normalized spacial score (nSPS) is 20.9. The number of guanidine groups is 1. The number of nitrogens with zero attached hydrogens (tertiary/aromatic N) is 1. The smallest absolute Gasteiger partial charge is 0.444 e. The van der Waals surface area contributed by atoms with Crippen LogP contribution < -0.4 is 35.6 Å². The van der Waals surface area contributed by atoms with Gasteiger partial charge in [-0.3, -0.25) is 25.0 Å². The number of carbonyl (C=O) groups is 5. The van der Waals surface area contributed by atoms with Gasteiger partial charge >= 0.3 is 19.8 Å². The monoisotopic (exact) mass is 986 g/mol. The number of benzene rings is 3. The Morgan fingerprint density at radius 2 is 1.11 bits per heavy atom. The van der Waals surface area contributed by atoms with Gasteiger partial charge in [0.1, 0.15) is 34.8 Å². The predicted octanol–water partition coefficient (Wildman–Crippen LogP) is 9.08. The van der Waals surface area contributed by atoms with Gasteiger partial charge in [0.05, 0.1) is 17.9 Å². The Balaban J connectivity index is 1.26. The van der Waals surface area contributed by atoms with Crippen molar-refractivity contribution >= 4 is 49.2 Å². The molecule has 0 aromatic heterocycles. The van der Waals surface area contributed by atoms with Crippen molar-refractivity contribution in [2.75, 3.05) is 6.61 Å². The number of amides is 5. The molecule has 18 heteroatoms. The lowest BCUT2D eigenvalue weighted by Gasteiger charge is -2.55. The van der Waals surface area contributed by atoms with Crippen LogP contribution in [0.2, 0.25) is 0 Å². The van der Waals surface area contributed by atoms with E-state index in [1.807, 2.05) is 20.8 Å². The van der Waals surface area contributed by atoms with Crippen molar-refractivity contribution < 1.29 is 51.8 Å². The third kappa shape index (κ3) is 15.8. The van der Waals surface area contributed by atoms with E-state index in [0.29, 0.717) is 23.3 Å². The Labute approximate surface area is 411 Å². The van der Waals surface area contributed by atoms with Gasteiger partial charge in [0.2, 0.25) is 23.7 Å². The molecule has 0 saturated heterocycles. The lowest BCUT2D eigenvalue weighted by atomic mass is 9.49. The maximum absolute atomic E-state index is 15.4. The van der Waals surface area contributed by atoms with Gasteiger partial charge < -0.3 is 39.2 Å². The highest BCUT2D eigenvalue weighted by atomic mass is 31.2. The highest BCUT2D eigenvalue weighted by Crippen LogP contribution is 2.60. The fourth-order valence-electron chi connectivity index (χ4n) is 9.48. The van der Waals surface area contributed by atoms with E-state index in [9.17, 15) is 24.0 Å². The molecule has 70 heavy (non-hydrogen) atoms. The molecule has 4 fully saturated rings. The topological polar surface area (TPSA) is 221 Å². The fourth-order valence-corrected chi connectivity index (χ4v) is 11.3. The van der Waals surface area contributed by atoms with Crippen LogP contribution in [0, 0.1) is 23.2 Å². The lowest BCUT2D eigenvalue weighted by molar-refractivity contribution is -0.150. The number of hydrogen-bond donors (Lipinski definition) is 5. The zero-order valence-electron chi connectivity index (χ0n) is 42.1. The molecule has 3 atom stereocenters. The van der Waals surface area contributed by atoms with Gasteiger partial charge in [-0.2, -0.15) is 0 Å². The van der Waals surface area contributed by atoms with Crippen LogP contribution in [-0.4, -0.2) is 77.1 Å². The first-order chi connectivity index (χ1) is 32.7. The molecular formula is C52H71N6O11P. The van der Waals surface area contributed by atoms with E-state index in [-0.39, 0.29) is 42.1 Å². The summed E-state index contributed by atoms with van der Waals surface area (Å²) >= 11 is 0. The maximum Gasteiger partial charge on any atom is 0.453 e. The van der Waals surface area contributed by atoms with Crippen molar-refractivity contribution in [3.63, 3.8) is 0 Å². The van der Waals surface area contributed by atoms with Crippen molar-refractivity contribution in [1.29, 1.82) is 0 Å². The second kappa shape index (κ2) is 22.0. The molecule has 4 saturated carbocycles. The van der Waals surface area contributed by atoms with E-state index in [4.69, 9.17) is 23.3 Å². The molecule has 5 N–H and O–H groups in total. The molecule has 0 spiro atoms. The lowest BCUT2D eigenvalue weighted by Crippen LogP contribution is -2.60. The first-order valence-electron chi connectivity index (χ1n) is 24.1. The summed E-state index contributed by atoms with van der Waals surface area (Å²) in [6.45, 7) is 17.1. The second-order valence-electron chi connectivity index (χ2n) is 21.8. The summed E-state index contributed by atoms with van der Waals surface area (Å²) in [5.74, 6) is -1.12. The van der Waals surface area contributed by atoms with E-state index in [2.05, 4.69) is 31.6 Å². The summed E-state index contributed by atoms with van der Waals surface area (Å²) in [4.78, 5) is 72.7. The number of hydrogen-bond acceptors (Lipinski definition) is 12. The van der Waals surface area contributed by atoms with Gasteiger partial charge in [0, 0.05) is 11.8 Å².